The Hall–Kier alpha value is -2.22. The highest BCUT2D eigenvalue weighted by molar-refractivity contribution is 6.28. The number of hydrogen-bond donors (Lipinski definition) is 0. The van der Waals surface area contributed by atoms with Gasteiger partial charge in [-0.1, -0.05) is 0 Å². The van der Waals surface area contributed by atoms with Crippen LogP contribution in [0.2, 0.25) is 0 Å². The van der Waals surface area contributed by atoms with E-state index in [9.17, 15) is 9.59 Å². The van der Waals surface area contributed by atoms with Crippen molar-refractivity contribution in [3.8, 4) is 0 Å². The fourth-order valence-electron chi connectivity index (χ4n) is 1.68. The maximum Gasteiger partial charge on any atom is 0.195 e. The van der Waals surface area contributed by atoms with Crippen molar-refractivity contribution in [2.75, 3.05) is 0 Å². The summed E-state index contributed by atoms with van der Waals surface area (Å²) in [5.41, 5.74) is 1.08. The van der Waals surface area contributed by atoms with Crippen LogP contribution in [0, 0.1) is 36.4 Å². The van der Waals surface area contributed by atoms with Crippen molar-refractivity contribution in [1.29, 1.82) is 0 Å². The van der Waals surface area contributed by atoms with Crippen molar-refractivity contribution in [3.63, 3.8) is 0 Å². The van der Waals surface area contributed by atoms with E-state index >= 15 is 0 Å². The van der Waals surface area contributed by atoms with E-state index in [0.29, 0.717) is 11.1 Å². The highest BCUT2D eigenvalue weighted by Gasteiger charge is 2.29. The SMILES string of the molecule is O=C1c2[c][c][c]cc2C(=O)c2[c][c][c]cc21. The van der Waals surface area contributed by atoms with Crippen molar-refractivity contribution in [2.45, 2.75) is 0 Å². The lowest BCUT2D eigenvalue weighted by Crippen LogP contribution is -2.20. The minimum absolute atomic E-state index is 0.240. The van der Waals surface area contributed by atoms with E-state index in [0.717, 1.165) is 0 Å². The molecule has 0 aromatic heterocycles. The zero-order valence-electron chi connectivity index (χ0n) is 7.97. The second-order valence-corrected chi connectivity index (χ2v) is 3.31. The predicted octanol–water partition coefficient (Wildman–Crippen LogP) is 1.26. The number of benzene rings is 2. The zero-order chi connectivity index (χ0) is 11.1. The number of carbonyl (C=O) groups excluding carboxylic acids is 2. The number of ketones is 2. The third-order valence-electron chi connectivity index (χ3n) is 2.43. The number of carbonyl (C=O) groups is 2. The molecule has 0 atom stereocenters. The first kappa shape index (κ1) is 9.04. The molecule has 2 aromatic rings. The minimum atomic E-state index is -0.253. The van der Waals surface area contributed by atoms with Gasteiger partial charge in [-0.15, -0.1) is 0 Å². The molecular formula is C14H2O2. The molecular weight excluding hydrogens is 200 g/mol. The molecule has 2 nitrogen and oxygen atoms in total. The molecule has 2 aromatic carbocycles. The molecule has 0 saturated carbocycles. The summed E-state index contributed by atoms with van der Waals surface area (Å²) in [6.07, 6.45) is 0. The first-order valence-electron chi connectivity index (χ1n) is 4.56. The molecule has 0 unspecified atom stereocenters. The third kappa shape index (κ3) is 1.07. The molecule has 0 N–H and O–H groups in total. The van der Waals surface area contributed by atoms with Crippen molar-refractivity contribution >= 4 is 11.6 Å². The second-order valence-electron chi connectivity index (χ2n) is 3.31. The fraction of sp³-hybridized carbons (Fsp3) is 0. The Morgan fingerprint density at radius 2 is 1.19 bits per heavy atom. The van der Waals surface area contributed by atoms with Crippen molar-refractivity contribution in [3.05, 3.63) is 70.8 Å². The van der Waals surface area contributed by atoms with Gasteiger partial charge in [0.2, 0.25) is 0 Å². The Balaban J connectivity index is 2.35. The quantitative estimate of drug-likeness (QED) is 0.550. The van der Waals surface area contributed by atoms with E-state index in [4.69, 9.17) is 0 Å². The normalized spacial score (nSPS) is 13.2. The van der Waals surface area contributed by atoms with Gasteiger partial charge in [-0.25, -0.2) is 0 Å². The first-order valence-corrected chi connectivity index (χ1v) is 4.56. The topological polar surface area (TPSA) is 34.1 Å². The van der Waals surface area contributed by atoms with Crippen LogP contribution in [-0.2, 0) is 0 Å². The van der Waals surface area contributed by atoms with Crippen LogP contribution >= 0.6 is 0 Å². The van der Waals surface area contributed by atoms with Crippen LogP contribution in [0.15, 0.2) is 12.1 Å². The predicted molar refractivity (Wildman–Crippen MR) is 52.8 cm³/mol. The van der Waals surface area contributed by atoms with Crippen LogP contribution in [0.25, 0.3) is 0 Å². The summed E-state index contributed by atoms with van der Waals surface area (Å²) >= 11 is 0. The Morgan fingerprint density at radius 3 is 1.62 bits per heavy atom. The van der Waals surface area contributed by atoms with Crippen LogP contribution < -0.4 is 0 Å². The highest BCUT2D eigenvalue weighted by atomic mass is 16.1. The molecule has 1 aliphatic rings. The summed E-state index contributed by atoms with van der Waals surface area (Å²) in [5, 5.41) is 0. The lowest BCUT2D eigenvalue weighted by atomic mass is 9.84. The summed E-state index contributed by atoms with van der Waals surface area (Å²) in [4.78, 5) is 24.0. The lowest BCUT2D eigenvalue weighted by Gasteiger charge is -2.15. The van der Waals surface area contributed by atoms with E-state index in [1.165, 1.54) is 12.1 Å². The average molecular weight is 202 g/mol. The molecule has 70 valence electrons. The van der Waals surface area contributed by atoms with Crippen molar-refractivity contribution in [2.24, 2.45) is 0 Å². The van der Waals surface area contributed by atoms with Crippen molar-refractivity contribution < 1.29 is 9.59 Å². The summed E-state index contributed by atoms with van der Waals surface area (Å²) in [5.74, 6) is -0.507. The molecule has 0 bridgehead atoms. The summed E-state index contributed by atoms with van der Waals surface area (Å²) < 4.78 is 0. The van der Waals surface area contributed by atoms with E-state index in [2.05, 4.69) is 36.4 Å². The van der Waals surface area contributed by atoms with Crippen LogP contribution in [0.5, 0.6) is 0 Å². The Labute approximate surface area is 92.5 Å². The van der Waals surface area contributed by atoms with Gasteiger partial charge in [0, 0.05) is 34.4 Å². The van der Waals surface area contributed by atoms with Gasteiger partial charge in [0.25, 0.3) is 0 Å². The van der Waals surface area contributed by atoms with Gasteiger partial charge in [0.05, 0.1) is 0 Å². The Kier molecular flexibility index (Phi) is 1.77. The largest absolute Gasteiger partial charge is 0.289 e. The third-order valence-corrected chi connectivity index (χ3v) is 2.43. The molecule has 0 aliphatic heterocycles. The maximum atomic E-state index is 12.0. The van der Waals surface area contributed by atoms with Crippen LogP contribution in [0.3, 0.4) is 0 Å². The van der Waals surface area contributed by atoms with Gasteiger partial charge < -0.3 is 0 Å². The number of fused-ring (bicyclic) bond motifs is 2. The standard InChI is InChI=1S/C14H2O2/c15-13-9-5-1-2-6-10(9)14(16)12-8-4-3-7-11(12)13/h5,8H. The smallest absolute Gasteiger partial charge is 0.195 e. The second kappa shape index (κ2) is 3.14. The minimum Gasteiger partial charge on any atom is -0.289 e. The van der Waals surface area contributed by atoms with Crippen LogP contribution in [0.1, 0.15) is 31.8 Å². The maximum absolute atomic E-state index is 12.0. The molecule has 0 amide bonds. The van der Waals surface area contributed by atoms with E-state index < -0.39 is 0 Å². The molecule has 6 radical (unpaired) electrons. The zero-order valence-corrected chi connectivity index (χ0v) is 7.97. The van der Waals surface area contributed by atoms with Gasteiger partial charge >= 0.3 is 0 Å². The van der Waals surface area contributed by atoms with E-state index in [-0.39, 0.29) is 22.7 Å². The number of rotatable bonds is 0. The molecule has 0 fully saturated rings. The molecule has 2 heteroatoms. The molecule has 0 saturated heterocycles. The highest BCUT2D eigenvalue weighted by Crippen LogP contribution is 2.25. The van der Waals surface area contributed by atoms with Gasteiger partial charge in [0.1, 0.15) is 0 Å². The van der Waals surface area contributed by atoms with Gasteiger partial charge in [-0.3, -0.25) is 9.59 Å². The lowest BCUT2D eigenvalue weighted by molar-refractivity contribution is 0.0978. The first-order chi connectivity index (χ1) is 7.79. The van der Waals surface area contributed by atoms with E-state index in [1.54, 1.807) is 0 Å². The fourth-order valence-corrected chi connectivity index (χ4v) is 1.68. The van der Waals surface area contributed by atoms with Crippen LogP contribution in [-0.4, -0.2) is 11.6 Å². The molecule has 0 heterocycles. The monoisotopic (exact) mass is 202 g/mol. The number of hydrogen-bond acceptors (Lipinski definition) is 2. The summed E-state index contributed by atoms with van der Waals surface area (Å²) in [6.45, 7) is 0. The molecule has 16 heavy (non-hydrogen) atoms. The van der Waals surface area contributed by atoms with Crippen molar-refractivity contribution in [1.82, 2.24) is 0 Å². The van der Waals surface area contributed by atoms with E-state index in [1.807, 2.05) is 0 Å². The summed E-state index contributed by atoms with van der Waals surface area (Å²) in [6, 6.07) is 18.5. The van der Waals surface area contributed by atoms with Gasteiger partial charge in [-0.2, -0.15) is 0 Å². The summed E-state index contributed by atoms with van der Waals surface area (Å²) in [7, 11) is 0. The van der Waals surface area contributed by atoms with Gasteiger partial charge in [-0.05, 0) is 36.4 Å². The Morgan fingerprint density at radius 1 is 0.750 bits per heavy atom. The molecule has 3 rings (SSSR count). The average Bonchev–Trinajstić information content (AvgIpc) is 2.36. The van der Waals surface area contributed by atoms with Gasteiger partial charge in [0.15, 0.2) is 11.6 Å². The Bertz CT molecular complexity index is 506. The molecule has 1 aliphatic carbocycles. The van der Waals surface area contributed by atoms with Crippen LogP contribution in [0.4, 0.5) is 0 Å². The molecule has 0 spiro atoms.